The highest BCUT2D eigenvalue weighted by Gasteiger charge is 2.20. The minimum atomic E-state index is 0.205. The Morgan fingerprint density at radius 1 is 1.09 bits per heavy atom. The van der Waals surface area contributed by atoms with Crippen LogP contribution in [0.4, 0.5) is 11.5 Å². The van der Waals surface area contributed by atoms with E-state index in [1.165, 1.54) is 0 Å². The molecule has 0 unspecified atom stereocenters. The normalized spacial score (nSPS) is 13.6. The molecule has 1 aliphatic rings. The monoisotopic (exact) mass is 457 g/mol. The van der Waals surface area contributed by atoms with Gasteiger partial charge < -0.3 is 25.6 Å². The summed E-state index contributed by atoms with van der Waals surface area (Å²) in [6, 6.07) is 14.7. The molecule has 1 aliphatic heterocycles. The van der Waals surface area contributed by atoms with E-state index in [-0.39, 0.29) is 11.7 Å². The zero-order chi connectivity index (χ0) is 23.5. The molecule has 0 spiro atoms. The molecule has 1 fully saturated rings. The smallest absolute Gasteiger partial charge is 0.222 e. The standard InChI is InChI=1S/C25H27N7O2/c26-19-4-1-3-18(15-19)23-29-24(27-11-10-17-6-8-20(33)9-7-17)22-25(30-23)32(16-28-22)14-13-31-12-2-5-21(31)34/h1,3-4,6-9,15-16,33H,2,5,10-14,26H2,(H,27,29,30). The molecule has 0 atom stereocenters. The number of hydrogen-bond donors (Lipinski definition) is 3. The number of amides is 1. The van der Waals surface area contributed by atoms with Crippen molar-refractivity contribution in [3.05, 3.63) is 60.4 Å². The minimum Gasteiger partial charge on any atom is -0.508 e. The Hall–Kier alpha value is -4.14. The maximum atomic E-state index is 12.0. The van der Waals surface area contributed by atoms with Gasteiger partial charge in [-0.05, 0) is 42.7 Å². The highest BCUT2D eigenvalue weighted by atomic mass is 16.3. The van der Waals surface area contributed by atoms with Gasteiger partial charge in [0.25, 0.3) is 0 Å². The number of nitrogens with two attached hydrogens (primary N) is 1. The molecule has 0 bridgehead atoms. The number of carbonyl (C=O) groups excluding carboxylic acids is 1. The number of hydrogen-bond acceptors (Lipinski definition) is 7. The maximum Gasteiger partial charge on any atom is 0.222 e. The number of phenols is 1. The number of nitrogens with one attached hydrogen (secondary N) is 1. The number of imidazole rings is 1. The molecule has 9 heteroatoms. The van der Waals surface area contributed by atoms with Crippen molar-refractivity contribution in [2.45, 2.75) is 25.8 Å². The van der Waals surface area contributed by atoms with Gasteiger partial charge in [0.15, 0.2) is 17.3 Å². The average molecular weight is 458 g/mol. The SMILES string of the molecule is Nc1cccc(-c2nc(NCCc3ccc(O)cc3)c3ncn(CCN4CCCC4=O)c3n2)c1. The molecular weight excluding hydrogens is 430 g/mol. The third-order valence-electron chi connectivity index (χ3n) is 6.03. The molecule has 9 nitrogen and oxygen atoms in total. The largest absolute Gasteiger partial charge is 0.508 e. The van der Waals surface area contributed by atoms with Gasteiger partial charge >= 0.3 is 0 Å². The molecule has 0 saturated carbocycles. The molecule has 1 amide bonds. The number of anilines is 2. The van der Waals surface area contributed by atoms with Gasteiger partial charge in [0, 0.05) is 43.9 Å². The van der Waals surface area contributed by atoms with Crippen LogP contribution in [-0.4, -0.2) is 55.1 Å². The first kappa shape index (κ1) is 21.7. The highest BCUT2D eigenvalue weighted by Crippen LogP contribution is 2.25. The van der Waals surface area contributed by atoms with E-state index >= 15 is 0 Å². The second kappa shape index (κ2) is 9.38. The van der Waals surface area contributed by atoms with Crippen LogP contribution in [0.15, 0.2) is 54.9 Å². The Bertz CT molecular complexity index is 1320. The topological polar surface area (TPSA) is 122 Å². The van der Waals surface area contributed by atoms with Gasteiger partial charge in [0.1, 0.15) is 11.3 Å². The fourth-order valence-corrected chi connectivity index (χ4v) is 4.19. The zero-order valence-corrected chi connectivity index (χ0v) is 18.8. The van der Waals surface area contributed by atoms with E-state index in [9.17, 15) is 9.90 Å². The molecule has 174 valence electrons. The first-order chi connectivity index (χ1) is 16.6. The third-order valence-corrected chi connectivity index (χ3v) is 6.03. The van der Waals surface area contributed by atoms with Gasteiger partial charge in [0.05, 0.1) is 6.33 Å². The molecule has 4 aromatic rings. The number of rotatable bonds is 8. The van der Waals surface area contributed by atoms with Crippen molar-refractivity contribution in [3.63, 3.8) is 0 Å². The Labute approximate surface area is 197 Å². The number of nitrogen functional groups attached to an aromatic ring is 1. The highest BCUT2D eigenvalue weighted by molar-refractivity contribution is 5.85. The summed E-state index contributed by atoms with van der Waals surface area (Å²) in [5, 5.41) is 12.9. The summed E-state index contributed by atoms with van der Waals surface area (Å²) in [6.45, 7) is 2.69. The van der Waals surface area contributed by atoms with E-state index in [2.05, 4.69) is 10.3 Å². The molecule has 1 saturated heterocycles. The minimum absolute atomic E-state index is 0.205. The lowest BCUT2D eigenvalue weighted by molar-refractivity contribution is -0.127. The fourth-order valence-electron chi connectivity index (χ4n) is 4.19. The van der Waals surface area contributed by atoms with Crippen molar-refractivity contribution in [1.82, 2.24) is 24.4 Å². The number of phenolic OH excluding ortho intramolecular Hbond substituents is 1. The molecule has 5 rings (SSSR count). The Kier molecular flexibility index (Phi) is 5.99. The predicted octanol–water partition coefficient (Wildman–Crippen LogP) is 3.06. The van der Waals surface area contributed by atoms with Crippen LogP contribution in [0.5, 0.6) is 5.75 Å². The van der Waals surface area contributed by atoms with Crippen molar-refractivity contribution in [2.75, 3.05) is 30.7 Å². The summed E-state index contributed by atoms with van der Waals surface area (Å²) in [4.78, 5) is 28.1. The average Bonchev–Trinajstić information content (AvgIpc) is 3.44. The number of likely N-dealkylation sites (tertiary alicyclic amines) is 1. The van der Waals surface area contributed by atoms with Crippen LogP contribution in [0.25, 0.3) is 22.6 Å². The van der Waals surface area contributed by atoms with Crippen molar-refractivity contribution in [1.29, 1.82) is 0 Å². The number of fused-ring (bicyclic) bond motifs is 1. The Morgan fingerprint density at radius 3 is 2.71 bits per heavy atom. The van der Waals surface area contributed by atoms with Crippen LogP contribution in [0.1, 0.15) is 18.4 Å². The summed E-state index contributed by atoms with van der Waals surface area (Å²) in [5.74, 6) is 1.67. The second-order valence-electron chi connectivity index (χ2n) is 8.46. The van der Waals surface area contributed by atoms with E-state index in [0.717, 1.165) is 30.5 Å². The van der Waals surface area contributed by atoms with E-state index in [1.54, 1.807) is 18.5 Å². The lowest BCUT2D eigenvalue weighted by Gasteiger charge is -2.16. The summed E-state index contributed by atoms with van der Waals surface area (Å²) in [5.41, 5.74) is 9.97. The summed E-state index contributed by atoms with van der Waals surface area (Å²) in [6.07, 6.45) is 4.06. The van der Waals surface area contributed by atoms with Gasteiger partial charge in [-0.25, -0.2) is 15.0 Å². The van der Waals surface area contributed by atoms with Gasteiger partial charge in [0.2, 0.25) is 5.91 Å². The van der Waals surface area contributed by atoms with Crippen LogP contribution in [0, 0.1) is 0 Å². The van der Waals surface area contributed by atoms with Crippen LogP contribution in [0.3, 0.4) is 0 Å². The van der Waals surface area contributed by atoms with Crippen molar-refractivity contribution < 1.29 is 9.90 Å². The lowest BCUT2D eigenvalue weighted by Crippen LogP contribution is -2.28. The van der Waals surface area contributed by atoms with Gasteiger partial charge in [-0.15, -0.1) is 0 Å². The van der Waals surface area contributed by atoms with Crippen LogP contribution < -0.4 is 11.1 Å². The van der Waals surface area contributed by atoms with Crippen molar-refractivity contribution >= 4 is 28.6 Å². The molecular formula is C25H27N7O2. The van der Waals surface area contributed by atoms with E-state index in [4.69, 9.17) is 15.7 Å². The zero-order valence-electron chi connectivity index (χ0n) is 18.8. The van der Waals surface area contributed by atoms with Gasteiger partial charge in [-0.1, -0.05) is 24.3 Å². The molecule has 2 aromatic carbocycles. The lowest BCUT2D eigenvalue weighted by atomic mass is 10.1. The molecule has 2 aromatic heterocycles. The molecule has 34 heavy (non-hydrogen) atoms. The number of benzene rings is 2. The number of aromatic nitrogens is 4. The van der Waals surface area contributed by atoms with E-state index in [1.807, 2.05) is 45.9 Å². The second-order valence-corrected chi connectivity index (χ2v) is 8.46. The predicted molar refractivity (Wildman–Crippen MR) is 131 cm³/mol. The van der Waals surface area contributed by atoms with E-state index in [0.29, 0.717) is 54.5 Å². The third kappa shape index (κ3) is 4.63. The molecule has 4 N–H and O–H groups in total. The molecule has 3 heterocycles. The number of nitrogens with zero attached hydrogens (tertiary/aromatic N) is 5. The quantitative estimate of drug-likeness (QED) is 0.348. The van der Waals surface area contributed by atoms with E-state index < -0.39 is 0 Å². The fraction of sp³-hybridized carbons (Fsp3) is 0.280. The Balaban J connectivity index is 1.43. The number of aromatic hydroxyl groups is 1. The summed E-state index contributed by atoms with van der Waals surface area (Å²) in [7, 11) is 0. The van der Waals surface area contributed by atoms with Crippen LogP contribution in [-0.2, 0) is 17.8 Å². The maximum absolute atomic E-state index is 12.0. The van der Waals surface area contributed by atoms with Gasteiger partial charge in [-0.2, -0.15) is 0 Å². The van der Waals surface area contributed by atoms with Crippen molar-refractivity contribution in [2.24, 2.45) is 0 Å². The van der Waals surface area contributed by atoms with Crippen LogP contribution >= 0.6 is 0 Å². The first-order valence-corrected chi connectivity index (χ1v) is 11.5. The van der Waals surface area contributed by atoms with Crippen LogP contribution in [0.2, 0.25) is 0 Å². The molecule has 0 radical (unpaired) electrons. The Morgan fingerprint density at radius 2 is 1.94 bits per heavy atom. The first-order valence-electron chi connectivity index (χ1n) is 11.5. The number of carbonyl (C=O) groups is 1. The molecule has 0 aliphatic carbocycles. The summed E-state index contributed by atoms with van der Waals surface area (Å²) < 4.78 is 1.98. The summed E-state index contributed by atoms with van der Waals surface area (Å²) >= 11 is 0. The van der Waals surface area contributed by atoms with Gasteiger partial charge in [-0.3, -0.25) is 4.79 Å². The van der Waals surface area contributed by atoms with Crippen molar-refractivity contribution in [3.8, 4) is 17.1 Å².